The average molecular weight is 317 g/mol. The summed E-state index contributed by atoms with van der Waals surface area (Å²) in [5.41, 5.74) is 5.68. The summed E-state index contributed by atoms with van der Waals surface area (Å²) in [6.45, 7) is 4.95. The molecule has 5 nitrogen and oxygen atoms in total. The molecule has 0 aromatic heterocycles. The highest BCUT2D eigenvalue weighted by molar-refractivity contribution is 7.89. The van der Waals surface area contributed by atoms with Crippen molar-refractivity contribution in [2.45, 2.75) is 25.3 Å². The van der Waals surface area contributed by atoms with E-state index in [0.29, 0.717) is 5.56 Å². The Labute approximate surface area is 126 Å². The Morgan fingerprint density at radius 2 is 1.95 bits per heavy atom. The van der Waals surface area contributed by atoms with Crippen molar-refractivity contribution < 1.29 is 12.8 Å². The molecule has 0 spiro atoms. The Bertz CT molecular complexity index is 586. The van der Waals surface area contributed by atoms with Crippen LogP contribution >= 0.6 is 0 Å². The summed E-state index contributed by atoms with van der Waals surface area (Å²) in [7, 11) is 0.0688. The van der Waals surface area contributed by atoms with E-state index in [2.05, 4.69) is 4.72 Å². The van der Waals surface area contributed by atoms with Gasteiger partial charge in [0.15, 0.2) is 0 Å². The fraction of sp³-hybridized carbons (Fsp3) is 0.571. The van der Waals surface area contributed by atoms with E-state index in [4.69, 9.17) is 5.73 Å². The molecule has 1 aromatic carbocycles. The van der Waals surface area contributed by atoms with Crippen molar-refractivity contribution in [3.05, 3.63) is 29.6 Å². The van der Waals surface area contributed by atoms with Gasteiger partial charge in [-0.3, -0.25) is 0 Å². The fourth-order valence-corrected chi connectivity index (χ4v) is 3.73. The number of benzene rings is 1. The van der Waals surface area contributed by atoms with Crippen LogP contribution in [0.5, 0.6) is 0 Å². The molecule has 0 bridgehead atoms. The maximum atomic E-state index is 13.3. The van der Waals surface area contributed by atoms with Crippen LogP contribution in [0, 0.1) is 11.2 Å². The quantitative estimate of drug-likeness (QED) is 0.791. The summed E-state index contributed by atoms with van der Waals surface area (Å²) >= 11 is 0. The Balaban J connectivity index is 2.95. The smallest absolute Gasteiger partial charge is 0.241 e. The molecule has 1 aromatic rings. The van der Waals surface area contributed by atoms with Gasteiger partial charge in [0.25, 0.3) is 0 Å². The molecule has 0 saturated carbocycles. The molecule has 0 radical (unpaired) electrons. The monoisotopic (exact) mass is 317 g/mol. The number of nitrogens with two attached hydrogens (primary N) is 1. The maximum Gasteiger partial charge on any atom is 0.241 e. The lowest BCUT2D eigenvalue weighted by Gasteiger charge is -2.28. The van der Waals surface area contributed by atoms with Crippen LogP contribution in [-0.4, -0.2) is 40.5 Å². The van der Waals surface area contributed by atoms with Gasteiger partial charge in [0, 0.05) is 19.6 Å². The minimum absolute atomic E-state index is 0.0393. The van der Waals surface area contributed by atoms with Crippen molar-refractivity contribution in [1.82, 2.24) is 9.62 Å². The SMILES string of the molecule is CN(C)CC(C)(C)CNS(=O)(=O)c1cc(F)ccc1CN. The highest BCUT2D eigenvalue weighted by Crippen LogP contribution is 2.19. The molecule has 1 rings (SSSR count). The summed E-state index contributed by atoms with van der Waals surface area (Å²) in [4.78, 5) is 1.90. The number of hydrogen-bond acceptors (Lipinski definition) is 4. The summed E-state index contributed by atoms with van der Waals surface area (Å²) < 4.78 is 40.6. The van der Waals surface area contributed by atoms with Crippen molar-refractivity contribution in [1.29, 1.82) is 0 Å². The molecule has 0 aliphatic heterocycles. The van der Waals surface area contributed by atoms with Crippen molar-refractivity contribution in [3.63, 3.8) is 0 Å². The third kappa shape index (κ3) is 5.35. The number of hydrogen-bond donors (Lipinski definition) is 2. The molecule has 0 heterocycles. The van der Waals surface area contributed by atoms with Crippen LogP contribution in [0.15, 0.2) is 23.1 Å². The minimum Gasteiger partial charge on any atom is -0.326 e. The molecule has 0 amide bonds. The first-order valence-electron chi connectivity index (χ1n) is 6.70. The van der Waals surface area contributed by atoms with Gasteiger partial charge in [-0.1, -0.05) is 19.9 Å². The molecule has 0 fully saturated rings. The van der Waals surface area contributed by atoms with Crippen LogP contribution in [-0.2, 0) is 16.6 Å². The zero-order chi connectivity index (χ0) is 16.3. The second-order valence-electron chi connectivity index (χ2n) is 6.18. The highest BCUT2D eigenvalue weighted by Gasteiger charge is 2.24. The Morgan fingerprint density at radius 3 is 2.48 bits per heavy atom. The van der Waals surface area contributed by atoms with Gasteiger partial charge in [-0.2, -0.15) is 0 Å². The van der Waals surface area contributed by atoms with Gasteiger partial charge in [-0.25, -0.2) is 17.5 Å². The fourth-order valence-electron chi connectivity index (χ4n) is 2.23. The average Bonchev–Trinajstić information content (AvgIpc) is 2.35. The second-order valence-corrected chi connectivity index (χ2v) is 7.92. The van der Waals surface area contributed by atoms with E-state index in [1.54, 1.807) is 0 Å². The number of nitrogens with one attached hydrogen (secondary N) is 1. The van der Waals surface area contributed by atoms with Gasteiger partial charge < -0.3 is 10.6 Å². The van der Waals surface area contributed by atoms with Crippen molar-refractivity contribution in [2.24, 2.45) is 11.1 Å². The molecule has 120 valence electrons. The van der Waals surface area contributed by atoms with E-state index in [9.17, 15) is 12.8 Å². The predicted octanol–water partition coefficient (Wildman–Crippen LogP) is 1.15. The van der Waals surface area contributed by atoms with Crippen LogP contribution in [0.4, 0.5) is 4.39 Å². The van der Waals surface area contributed by atoms with Gasteiger partial charge in [0.1, 0.15) is 5.82 Å². The lowest BCUT2D eigenvalue weighted by Crippen LogP contribution is -2.40. The molecular weight excluding hydrogens is 293 g/mol. The summed E-state index contributed by atoms with van der Waals surface area (Å²) in [5.74, 6) is -0.597. The van der Waals surface area contributed by atoms with Gasteiger partial charge >= 0.3 is 0 Å². The van der Waals surface area contributed by atoms with E-state index in [1.807, 2.05) is 32.8 Å². The van der Waals surface area contributed by atoms with Gasteiger partial charge in [0.2, 0.25) is 10.0 Å². The van der Waals surface area contributed by atoms with Crippen molar-refractivity contribution in [3.8, 4) is 0 Å². The van der Waals surface area contributed by atoms with Crippen LogP contribution < -0.4 is 10.5 Å². The maximum absolute atomic E-state index is 13.3. The summed E-state index contributed by atoms with van der Waals surface area (Å²) in [6.07, 6.45) is 0. The second kappa shape index (κ2) is 6.83. The molecule has 7 heteroatoms. The summed E-state index contributed by atoms with van der Waals surface area (Å²) in [6, 6.07) is 3.61. The van der Waals surface area contributed by atoms with Gasteiger partial charge in [0.05, 0.1) is 4.90 Å². The van der Waals surface area contributed by atoms with Gasteiger partial charge in [-0.05, 0) is 37.2 Å². The molecular formula is C14H24FN3O2S. The van der Waals surface area contributed by atoms with E-state index in [0.717, 1.165) is 12.6 Å². The Hall–Kier alpha value is -1.02. The summed E-state index contributed by atoms with van der Waals surface area (Å²) in [5, 5.41) is 0. The minimum atomic E-state index is -3.78. The Morgan fingerprint density at radius 1 is 1.33 bits per heavy atom. The molecule has 0 unspecified atom stereocenters. The molecule has 21 heavy (non-hydrogen) atoms. The number of rotatable bonds is 7. The van der Waals surface area contributed by atoms with Crippen LogP contribution in [0.2, 0.25) is 0 Å². The third-order valence-corrected chi connectivity index (χ3v) is 4.51. The first-order valence-corrected chi connectivity index (χ1v) is 8.18. The van der Waals surface area contributed by atoms with Crippen LogP contribution in [0.25, 0.3) is 0 Å². The number of sulfonamides is 1. The zero-order valence-electron chi connectivity index (χ0n) is 13.0. The largest absolute Gasteiger partial charge is 0.326 e. The topological polar surface area (TPSA) is 75.4 Å². The van der Waals surface area contributed by atoms with Crippen LogP contribution in [0.3, 0.4) is 0 Å². The lowest BCUT2D eigenvalue weighted by atomic mass is 9.93. The molecule has 0 aliphatic carbocycles. The van der Waals surface area contributed by atoms with E-state index < -0.39 is 15.8 Å². The first-order chi connectivity index (χ1) is 9.57. The molecule has 0 aliphatic rings. The van der Waals surface area contributed by atoms with E-state index >= 15 is 0 Å². The van der Waals surface area contributed by atoms with E-state index in [-0.39, 0.29) is 23.4 Å². The van der Waals surface area contributed by atoms with Crippen LogP contribution in [0.1, 0.15) is 19.4 Å². The predicted molar refractivity (Wildman–Crippen MR) is 81.8 cm³/mol. The molecule has 3 N–H and O–H groups in total. The Kier molecular flexibility index (Phi) is 5.86. The number of halogens is 1. The lowest BCUT2D eigenvalue weighted by molar-refractivity contribution is 0.242. The molecule has 0 atom stereocenters. The van der Waals surface area contributed by atoms with Crippen molar-refractivity contribution in [2.75, 3.05) is 27.2 Å². The highest BCUT2D eigenvalue weighted by atomic mass is 32.2. The third-order valence-electron chi connectivity index (χ3n) is 3.02. The van der Waals surface area contributed by atoms with E-state index in [1.165, 1.54) is 12.1 Å². The normalized spacial score (nSPS) is 12.9. The van der Waals surface area contributed by atoms with Crippen molar-refractivity contribution >= 4 is 10.0 Å². The standard InChI is InChI=1S/C14H24FN3O2S/c1-14(2,10-18(3)4)9-17-21(19,20)13-7-12(15)6-5-11(13)8-16/h5-7,17H,8-10,16H2,1-4H3. The molecule has 0 saturated heterocycles. The number of nitrogens with zero attached hydrogens (tertiary/aromatic N) is 1. The zero-order valence-corrected chi connectivity index (χ0v) is 13.8. The van der Waals surface area contributed by atoms with Gasteiger partial charge in [-0.15, -0.1) is 0 Å². The first kappa shape index (κ1) is 18.0.